The SMILES string of the molecule is CC(=O)N[C@H]1[C@@H](O[C@H]2[C@H](O[C@@H]3[C@@H](O)[C@H](C)O[C@@H](O[C@H]4[C@H](O[C@H]5[C@H](O)[C@@H](CO)OC(O)[C@@H]5NC(C)=O)O[C@@H](C)[C@H](O)[C@H]4O)[C@@H]3O)O[C@@H](C)[C@H](O)[C@H]2O)O[C@H](CO)[C@@H](O)[C@@H]1O[C@@H]1O[C@@H](C)[C@H](O)[C@@H](O[C@@H]2O[C@@H](C)[C@H](O)[C@@H](O)[C@H]2O[C@@H]2O[C@@H](C)[C@H](O)[C@@H](O)[C@H]2O)[C@H]1O. The molecule has 8 fully saturated rings. The Morgan fingerprint density at radius 3 is 0.955 bits per heavy atom. The third-order valence-electron chi connectivity index (χ3n) is 17.2. The zero-order valence-electron chi connectivity index (χ0n) is 49.5. The lowest BCUT2D eigenvalue weighted by Gasteiger charge is -2.51. The van der Waals surface area contributed by atoms with Gasteiger partial charge in [-0.15, -0.1) is 0 Å². The first-order chi connectivity index (χ1) is 41.8. The van der Waals surface area contributed by atoms with Crippen LogP contribution in [0.4, 0.5) is 0 Å². The molecule has 0 spiro atoms. The first-order valence-electron chi connectivity index (χ1n) is 29.3. The summed E-state index contributed by atoms with van der Waals surface area (Å²) >= 11 is 0. The average molecular weight is 1300 g/mol. The van der Waals surface area contributed by atoms with Crippen molar-refractivity contribution >= 4 is 11.8 Å². The highest BCUT2D eigenvalue weighted by Gasteiger charge is 2.59. The fourth-order valence-electron chi connectivity index (χ4n) is 11.9. The molecule has 8 rings (SSSR count). The highest BCUT2D eigenvalue weighted by Crippen LogP contribution is 2.39. The van der Waals surface area contributed by atoms with Crippen molar-refractivity contribution in [2.75, 3.05) is 13.2 Å². The zero-order valence-corrected chi connectivity index (χ0v) is 49.5. The average Bonchev–Trinajstić information content (AvgIpc) is 0.837. The van der Waals surface area contributed by atoms with E-state index in [1.165, 1.54) is 41.5 Å². The van der Waals surface area contributed by atoms with Gasteiger partial charge in [0.15, 0.2) is 50.3 Å². The third kappa shape index (κ3) is 15.3. The third-order valence-corrected chi connectivity index (χ3v) is 17.2. The Morgan fingerprint density at radius 1 is 0.292 bits per heavy atom. The lowest BCUT2D eigenvalue weighted by atomic mass is 9.94. The fraction of sp³-hybridized carbons (Fsp3) is 0.962. The van der Waals surface area contributed by atoms with E-state index in [0.717, 1.165) is 13.8 Å². The van der Waals surface area contributed by atoms with E-state index in [4.69, 9.17) is 71.1 Å². The molecule has 89 heavy (non-hydrogen) atoms. The minimum Gasteiger partial charge on any atom is -0.394 e. The van der Waals surface area contributed by atoms with Crippen molar-refractivity contribution in [3.63, 3.8) is 0 Å². The van der Waals surface area contributed by atoms with E-state index in [-0.39, 0.29) is 0 Å². The Kier molecular flexibility index (Phi) is 24.5. The predicted octanol–water partition coefficient (Wildman–Crippen LogP) is -12.0. The van der Waals surface area contributed by atoms with Gasteiger partial charge in [-0.1, -0.05) is 0 Å². The van der Waals surface area contributed by atoms with Gasteiger partial charge in [0.1, 0.15) is 159 Å². The van der Waals surface area contributed by atoms with Crippen molar-refractivity contribution in [2.45, 2.75) is 301 Å². The molecule has 0 aliphatic carbocycles. The van der Waals surface area contributed by atoms with E-state index >= 15 is 0 Å². The van der Waals surface area contributed by atoms with Gasteiger partial charge in [0.2, 0.25) is 11.8 Å². The zero-order chi connectivity index (χ0) is 65.7. The molecule has 37 nitrogen and oxygen atoms in total. The highest BCUT2D eigenvalue weighted by atomic mass is 16.8. The van der Waals surface area contributed by atoms with Crippen molar-refractivity contribution in [1.29, 1.82) is 0 Å². The van der Waals surface area contributed by atoms with Gasteiger partial charge in [-0.3, -0.25) is 9.59 Å². The van der Waals surface area contributed by atoms with Crippen LogP contribution in [0, 0.1) is 0 Å². The molecule has 516 valence electrons. The second kappa shape index (κ2) is 30.1. The summed E-state index contributed by atoms with van der Waals surface area (Å²) in [5, 5.41) is 205. The maximum Gasteiger partial charge on any atom is 0.217 e. The van der Waals surface area contributed by atoms with Gasteiger partial charge in [-0.25, -0.2) is 0 Å². The first-order valence-corrected chi connectivity index (χ1v) is 29.3. The van der Waals surface area contributed by atoms with Crippen LogP contribution in [0.15, 0.2) is 0 Å². The molecule has 8 heterocycles. The number of carbonyl (C=O) groups excluding carboxylic acids is 2. The van der Waals surface area contributed by atoms with Crippen molar-refractivity contribution in [3.8, 4) is 0 Å². The number of rotatable bonds is 18. The van der Waals surface area contributed by atoms with E-state index < -0.39 is 271 Å². The summed E-state index contributed by atoms with van der Waals surface area (Å²) in [7, 11) is 0. The summed E-state index contributed by atoms with van der Waals surface area (Å²) in [5.41, 5.74) is 0. The number of carbonyl (C=O) groups is 2. The second-order valence-corrected chi connectivity index (χ2v) is 23.7. The molecule has 0 aromatic rings. The monoisotopic (exact) mass is 1300 g/mol. The Bertz CT molecular complexity index is 2280. The molecule has 1 unspecified atom stereocenters. The maximum atomic E-state index is 13.1. The lowest BCUT2D eigenvalue weighted by molar-refractivity contribution is -0.400. The van der Waals surface area contributed by atoms with E-state index in [9.17, 15) is 102 Å². The number of nitrogens with one attached hydrogen (secondary N) is 2. The van der Waals surface area contributed by atoms with Crippen LogP contribution >= 0.6 is 0 Å². The molecular formula is C52H88N2O35. The van der Waals surface area contributed by atoms with Gasteiger partial charge in [0, 0.05) is 13.8 Å². The molecule has 0 bridgehead atoms. The summed E-state index contributed by atoms with van der Waals surface area (Å²) < 4.78 is 88.7. The summed E-state index contributed by atoms with van der Waals surface area (Å²) in [5.74, 6) is -1.57. The molecule has 8 aliphatic heterocycles. The molecular weight excluding hydrogens is 1210 g/mol. The minimum atomic E-state index is -2.16. The van der Waals surface area contributed by atoms with Crippen molar-refractivity contribution in [3.05, 3.63) is 0 Å². The van der Waals surface area contributed by atoms with Crippen LogP contribution in [-0.4, -0.2) is 362 Å². The Labute approximate surface area is 508 Å². The molecule has 8 aliphatic rings. The molecule has 2 amide bonds. The number of hydrogen-bond acceptors (Lipinski definition) is 35. The molecule has 0 aromatic heterocycles. The van der Waals surface area contributed by atoms with E-state index in [1.807, 2.05) is 0 Å². The van der Waals surface area contributed by atoms with Gasteiger partial charge in [-0.2, -0.15) is 0 Å². The quantitative estimate of drug-likeness (QED) is 0.0606. The smallest absolute Gasteiger partial charge is 0.217 e. The van der Waals surface area contributed by atoms with E-state index in [0.29, 0.717) is 0 Å². The van der Waals surface area contributed by atoms with Gasteiger partial charge in [-0.05, 0) is 41.5 Å². The minimum absolute atomic E-state index is 0.716. The summed E-state index contributed by atoms with van der Waals surface area (Å²) in [4.78, 5) is 25.3. The molecule has 0 radical (unpaired) electrons. The normalized spacial score (nSPS) is 53.4. The summed E-state index contributed by atoms with van der Waals surface area (Å²) in [6, 6.07) is -3.32. The second-order valence-electron chi connectivity index (χ2n) is 23.7. The largest absolute Gasteiger partial charge is 0.394 e. The van der Waals surface area contributed by atoms with E-state index in [1.54, 1.807) is 0 Å². The van der Waals surface area contributed by atoms with Gasteiger partial charge in [0.05, 0.1) is 49.8 Å². The maximum absolute atomic E-state index is 13.1. The Balaban J connectivity index is 1.03. The molecule has 20 N–H and O–H groups in total. The van der Waals surface area contributed by atoms with Crippen molar-refractivity contribution in [2.24, 2.45) is 0 Å². The number of hydrogen-bond donors (Lipinski definition) is 20. The molecule has 8 saturated heterocycles. The molecule has 37 heteroatoms. The van der Waals surface area contributed by atoms with Crippen LogP contribution in [0.25, 0.3) is 0 Å². The summed E-state index contributed by atoms with van der Waals surface area (Å²) in [6.07, 6.45) is -67.3. The highest BCUT2D eigenvalue weighted by molar-refractivity contribution is 5.73. The van der Waals surface area contributed by atoms with Crippen LogP contribution < -0.4 is 10.6 Å². The first kappa shape index (κ1) is 72.4. The van der Waals surface area contributed by atoms with E-state index in [2.05, 4.69) is 10.6 Å². The number of aliphatic hydroxyl groups is 18. The molecule has 0 aromatic carbocycles. The number of amides is 2. The van der Waals surface area contributed by atoms with Gasteiger partial charge >= 0.3 is 0 Å². The Morgan fingerprint density at radius 2 is 0.573 bits per heavy atom. The van der Waals surface area contributed by atoms with Crippen LogP contribution in [0.1, 0.15) is 55.4 Å². The molecule has 40 atom stereocenters. The number of ether oxygens (including phenoxy) is 15. The van der Waals surface area contributed by atoms with Crippen LogP contribution in [0.3, 0.4) is 0 Å². The number of aliphatic hydroxyl groups excluding tert-OH is 18. The van der Waals surface area contributed by atoms with Crippen molar-refractivity contribution < 1.29 is 173 Å². The fourth-order valence-corrected chi connectivity index (χ4v) is 11.9. The van der Waals surface area contributed by atoms with Crippen LogP contribution in [0.5, 0.6) is 0 Å². The predicted molar refractivity (Wildman–Crippen MR) is 279 cm³/mol. The topological polar surface area (TPSA) is 561 Å². The summed E-state index contributed by atoms with van der Waals surface area (Å²) in [6.45, 7) is 8.17. The standard InChI is InChI=1S/C52H88N2O35/c1-11-23(59)31(67)35(71)47(75-11)88-44-34(70)26(62)14(4)80-52(44)86-40-27(63)15(5)76-48(36(40)72)83-39-22(54-18(8)58)46(82-20(10-56)30(39)66)87-42-32(68)24(60)13(3)79-51(42)85-41-28(64)16(6)77-49(37(41)73)89-43-33(69)25(61)12(2)78-50(43)84-38-21(53-17(7)57)45(74)81-19(9-55)29(38)65/h11-16,19-52,55-56,59-74H,9-10H2,1-8H3,(H,53,57)(H,54,58)/t11-,12-,13-,14-,15-,16-,19+,20+,21+,22+,23-,24-,25-,26-,27-,28-,29+,30+,31+,32+,33+,34+,35+,36+,37+,38+,39+,40+,41+,42+,43+,44+,45?,46+,47-,48-,49-,50-,51-,52-/m0/s1. The van der Waals surface area contributed by atoms with Crippen LogP contribution in [0.2, 0.25) is 0 Å². The van der Waals surface area contributed by atoms with Crippen LogP contribution in [-0.2, 0) is 80.6 Å². The van der Waals surface area contributed by atoms with Gasteiger partial charge in [0.25, 0.3) is 0 Å². The molecule has 0 saturated carbocycles. The van der Waals surface area contributed by atoms with Crippen molar-refractivity contribution in [1.82, 2.24) is 10.6 Å². The lowest BCUT2D eigenvalue weighted by Crippen LogP contribution is -2.70. The van der Waals surface area contributed by atoms with Gasteiger partial charge < -0.3 is 174 Å². The Hall–Kier alpha value is -2.38.